The number of rotatable bonds is 10. The molecular formula is C36H28CaN6O12S2. The van der Waals surface area contributed by atoms with E-state index in [4.69, 9.17) is 0 Å². The molecule has 0 saturated carbocycles. The third-order valence-electron chi connectivity index (χ3n) is 8.30. The van der Waals surface area contributed by atoms with Gasteiger partial charge in [-0.3, -0.25) is 20.2 Å². The second-order valence-electron chi connectivity index (χ2n) is 11.7. The standard InChI is InChI=1S/2C18H15N3O6S.Ca/c2*1-2-11-7-5-9-14(17(11)21(23)24)19-20-16-13-8-4-3-6-12(13)10-15(18(16)22)28(25,26)27;/h2*3-10,22H,2H2,1H3,(H,25,26,27);/q;;+2/p-2. The molecule has 0 aromatic heterocycles. The summed E-state index contributed by atoms with van der Waals surface area (Å²) in [4.78, 5) is 20.0. The molecule has 0 atom stereocenters. The van der Waals surface area contributed by atoms with Crippen molar-refractivity contribution in [3.05, 3.63) is 128 Å². The fourth-order valence-corrected chi connectivity index (χ4v) is 6.89. The summed E-state index contributed by atoms with van der Waals surface area (Å²) in [6.45, 7) is 3.51. The van der Waals surface area contributed by atoms with Crippen LogP contribution in [0.25, 0.3) is 21.5 Å². The van der Waals surface area contributed by atoms with Crippen LogP contribution in [0.15, 0.2) is 127 Å². The molecule has 6 aromatic rings. The molecule has 18 nitrogen and oxygen atoms in total. The van der Waals surface area contributed by atoms with E-state index in [0.29, 0.717) is 45.5 Å². The molecule has 21 heteroatoms. The molecule has 0 heterocycles. The van der Waals surface area contributed by atoms with Crippen molar-refractivity contribution in [2.24, 2.45) is 20.5 Å². The number of hydrogen-bond donors (Lipinski definition) is 2. The second kappa shape index (κ2) is 18.2. The smallest absolute Gasteiger partial charge is 0.744 e. The molecule has 0 saturated heterocycles. The Balaban J connectivity index is 0.000000248. The summed E-state index contributed by atoms with van der Waals surface area (Å²) >= 11 is 0. The van der Waals surface area contributed by atoms with E-state index in [-0.39, 0.29) is 71.9 Å². The summed E-state index contributed by atoms with van der Waals surface area (Å²) in [5, 5.41) is 60.3. The topological polar surface area (TPSA) is 291 Å². The third-order valence-corrected chi connectivity index (χ3v) is 10.00. The average Bonchev–Trinajstić information content (AvgIpc) is 3.15. The average molecular weight is 841 g/mol. The van der Waals surface area contributed by atoms with Crippen molar-refractivity contribution in [1.82, 2.24) is 0 Å². The van der Waals surface area contributed by atoms with Gasteiger partial charge in [0.25, 0.3) is 11.4 Å². The van der Waals surface area contributed by atoms with Gasteiger partial charge in [0.2, 0.25) is 0 Å². The van der Waals surface area contributed by atoms with Gasteiger partial charge in [-0.2, -0.15) is 0 Å². The minimum Gasteiger partial charge on any atom is -0.744 e. The monoisotopic (exact) mass is 840 g/mol. The Morgan fingerprint density at radius 2 is 0.912 bits per heavy atom. The molecule has 2 N–H and O–H groups in total. The molecule has 6 aromatic carbocycles. The van der Waals surface area contributed by atoms with Crippen LogP contribution in [-0.4, -0.2) is 83.7 Å². The third kappa shape index (κ3) is 9.74. The fraction of sp³-hybridized carbons (Fsp3) is 0.111. The van der Waals surface area contributed by atoms with Gasteiger partial charge in [0, 0.05) is 21.9 Å². The number of phenols is 2. The Kier molecular flexibility index (Phi) is 14.1. The molecule has 0 spiro atoms. The molecule has 0 aliphatic heterocycles. The first kappa shape index (κ1) is 44.2. The molecule has 0 radical (unpaired) electrons. The van der Waals surface area contributed by atoms with Gasteiger partial charge in [0.1, 0.15) is 31.6 Å². The molecule has 288 valence electrons. The molecule has 0 amide bonds. The van der Waals surface area contributed by atoms with Crippen molar-refractivity contribution < 1.29 is 46.0 Å². The van der Waals surface area contributed by atoms with E-state index in [1.54, 1.807) is 86.6 Å². The van der Waals surface area contributed by atoms with Gasteiger partial charge in [-0.25, -0.2) is 16.8 Å². The Morgan fingerprint density at radius 1 is 0.561 bits per heavy atom. The van der Waals surface area contributed by atoms with Crippen molar-refractivity contribution in [2.45, 2.75) is 36.5 Å². The predicted molar refractivity (Wildman–Crippen MR) is 206 cm³/mol. The SMILES string of the molecule is CCc1cccc(N=Nc2c(O)c(S(=O)(=O)[O-])cc3ccccc23)c1[N+](=O)[O-].CCc1cccc(N=Nc2c(O)c(S(=O)(=O)[O-])cc3ccccc23)c1[N+](=O)[O-].[Ca+2]. The van der Waals surface area contributed by atoms with E-state index >= 15 is 0 Å². The number of hydrogen-bond acceptors (Lipinski definition) is 16. The number of aromatic hydroxyl groups is 2. The summed E-state index contributed by atoms with van der Waals surface area (Å²) in [7, 11) is -9.95. The molecule has 0 aliphatic carbocycles. The molecule has 6 rings (SSSR count). The van der Waals surface area contributed by atoms with E-state index in [2.05, 4.69) is 20.5 Å². The van der Waals surface area contributed by atoms with E-state index < -0.39 is 51.4 Å². The maximum atomic E-state index is 11.5. The van der Waals surface area contributed by atoms with E-state index in [1.807, 2.05) is 0 Å². The summed E-state index contributed by atoms with van der Waals surface area (Å²) in [6, 6.07) is 23.9. The number of aryl methyl sites for hydroxylation is 2. The summed E-state index contributed by atoms with van der Waals surface area (Å²) in [5.41, 5.74) is -0.188. The first-order valence-electron chi connectivity index (χ1n) is 16.2. The Bertz CT molecular complexity index is 2640. The Morgan fingerprint density at radius 3 is 1.23 bits per heavy atom. The van der Waals surface area contributed by atoms with Crippen molar-refractivity contribution in [1.29, 1.82) is 0 Å². The first-order valence-corrected chi connectivity index (χ1v) is 19.1. The maximum Gasteiger partial charge on any atom is 2.00 e. The van der Waals surface area contributed by atoms with Crippen LogP contribution in [0.3, 0.4) is 0 Å². The van der Waals surface area contributed by atoms with Gasteiger partial charge in [-0.15, -0.1) is 20.5 Å². The molecule has 0 fully saturated rings. The minimum absolute atomic E-state index is 0. The van der Waals surface area contributed by atoms with Gasteiger partial charge < -0.3 is 19.3 Å². The first-order chi connectivity index (χ1) is 26.5. The van der Waals surface area contributed by atoms with Crippen LogP contribution in [-0.2, 0) is 33.1 Å². The Labute approximate surface area is 354 Å². The van der Waals surface area contributed by atoms with Crippen LogP contribution >= 0.6 is 0 Å². The van der Waals surface area contributed by atoms with Crippen LogP contribution in [0.4, 0.5) is 34.1 Å². The largest absolute Gasteiger partial charge is 2.00 e. The second-order valence-corrected chi connectivity index (χ2v) is 14.4. The normalized spacial score (nSPS) is 11.7. The molecule has 57 heavy (non-hydrogen) atoms. The number of azo groups is 2. The predicted octanol–water partition coefficient (Wildman–Crippen LogP) is 8.29. The zero-order valence-corrected chi connectivity index (χ0v) is 33.7. The summed E-state index contributed by atoms with van der Waals surface area (Å²) < 4.78 is 68.8. The summed E-state index contributed by atoms with van der Waals surface area (Å²) in [5.74, 6) is -1.71. The number of para-hydroxylation sites is 2. The van der Waals surface area contributed by atoms with Crippen LogP contribution in [0.1, 0.15) is 25.0 Å². The van der Waals surface area contributed by atoms with Crippen LogP contribution in [0.5, 0.6) is 11.5 Å². The molecule has 0 bridgehead atoms. The Hall–Kier alpha value is -5.48. The number of nitro benzene ring substituents is 2. The quantitative estimate of drug-likeness (QED) is 0.0433. The zero-order valence-electron chi connectivity index (χ0n) is 29.8. The van der Waals surface area contributed by atoms with Crippen LogP contribution in [0, 0.1) is 20.2 Å². The number of fused-ring (bicyclic) bond motifs is 2. The van der Waals surface area contributed by atoms with E-state index in [9.17, 15) is 56.4 Å². The van der Waals surface area contributed by atoms with Gasteiger partial charge in [-0.05, 0) is 47.9 Å². The number of nitrogens with zero attached hydrogens (tertiary/aromatic N) is 6. The summed E-state index contributed by atoms with van der Waals surface area (Å²) in [6.07, 6.45) is 0.801. The molecular weight excluding hydrogens is 813 g/mol. The van der Waals surface area contributed by atoms with Crippen molar-refractivity contribution >= 4 is 114 Å². The van der Waals surface area contributed by atoms with E-state index in [1.165, 1.54) is 12.1 Å². The van der Waals surface area contributed by atoms with Crippen molar-refractivity contribution in [2.75, 3.05) is 0 Å². The fourth-order valence-electron chi connectivity index (χ4n) is 5.69. The van der Waals surface area contributed by atoms with Crippen LogP contribution in [0.2, 0.25) is 0 Å². The number of phenolic OH excluding ortho intramolecular Hbond substituents is 2. The minimum atomic E-state index is -4.97. The number of benzene rings is 6. The van der Waals surface area contributed by atoms with Gasteiger partial charge >= 0.3 is 37.7 Å². The van der Waals surface area contributed by atoms with Crippen molar-refractivity contribution in [3.8, 4) is 11.5 Å². The van der Waals surface area contributed by atoms with Gasteiger partial charge in [-0.1, -0.05) is 86.6 Å². The van der Waals surface area contributed by atoms with Gasteiger partial charge in [0.05, 0.1) is 19.6 Å². The maximum absolute atomic E-state index is 11.5. The van der Waals surface area contributed by atoms with Gasteiger partial charge in [0.15, 0.2) is 22.9 Å². The molecule has 0 aliphatic rings. The molecule has 0 unspecified atom stereocenters. The zero-order chi connectivity index (χ0) is 40.9. The number of nitro groups is 2. The van der Waals surface area contributed by atoms with Crippen molar-refractivity contribution in [3.63, 3.8) is 0 Å². The van der Waals surface area contributed by atoms with Crippen LogP contribution < -0.4 is 0 Å². The van der Waals surface area contributed by atoms with E-state index in [0.717, 1.165) is 12.1 Å².